The monoisotopic (exact) mass is 247 g/mol. The maximum Gasteiger partial charge on any atom is 0.0638 e. The maximum atomic E-state index is 8.62. The Bertz CT molecular complexity index is 289. The summed E-state index contributed by atoms with van der Waals surface area (Å²) >= 11 is 0. The lowest BCUT2D eigenvalue weighted by molar-refractivity contribution is 0.283. The van der Waals surface area contributed by atoms with Gasteiger partial charge in [-0.3, -0.25) is 4.68 Å². The molecule has 0 bridgehead atoms. The number of nitrogens with one attached hydrogen (secondary N) is 1. The topological polar surface area (TPSA) is 50.1 Å². The molecule has 0 aromatic carbocycles. The molecule has 1 aromatic heterocycles. The molecule has 0 aliphatic rings. The lowest BCUT2D eigenvalue weighted by Crippen LogP contribution is -2.15. The molecule has 5 heteroatoms. The third-order valence-corrected chi connectivity index (χ3v) is 2.45. The lowest BCUT2D eigenvalue weighted by Gasteiger charge is -2.02. The van der Waals surface area contributed by atoms with Crippen molar-refractivity contribution in [2.75, 3.05) is 13.2 Å². The van der Waals surface area contributed by atoms with Crippen LogP contribution in [0.3, 0.4) is 0 Å². The second-order valence-electron chi connectivity index (χ2n) is 3.70. The van der Waals surface area contributed by atoms with E-state index in [1.54, 1.807) is 0 Å². The Labute approximate surface area is 103 Å². The highest BCUT2D eigenvalue weighted by molar-refractivity contribution is 5.85. The first kappa shape index (κ1) is 15.4. The van der Waals surface area contributed by atoms with Crippen LogP contribution >= 0.6 is 12.4 Å². The van der Waals surface area contributed by atoms with Gasteiger partial charge in [0.05, 0.1) is 5.69 Å². The van der Waals surface area contributed by atoms with Crippen molar-refractivity contribution >= 4 is 12.4 Å². The van der Waals surface area contributed by atoms with Crippen LogP contribution in [-0.2, 0) is 13.1 Å². The molecule has 0 aliphatic heterocycles. The zero-order valence-electron chi connectivity index (χ0n) is 10.1. The highest BCUT2D eigenvalue weighted by Gasteiger charge is 2.02. The van der Waals surface area contributed by atoms with E-state index in [0.717, 1.165) is 38.2 Å². The molecule has 0 atom stereocenters. The second kappa shape index (κ2) is 8.56. The van der Waals surface area contributed by atoms with E-state index in [9.17, 15) is 0 Å². The minimum Gasteiger partial charge on any atom is -0.396 e. The van der Waals surface area contributed by atoms with E-state index in [4.69, 9.17) is 5.11 Å². The van der Waals surface area contributed by atoms with Crippen LogP contribution in [0.1, 0.15) is 31.0 Å². The molecular formula is C11H22ClN3O. The number of unbranched alkanes of at least 4 members (excludes halogenated alkanes) is 1. The minimum atomic E-state index is 0. The van der Waals surface area contributed by atoms with Gasteiger partial charge in [0.25, 0.3) is 0 Å². The van der Waals surface area contributed by atoms with Gasteiger partial charge in [-0.1, -0.05) is 0 Å². The number of aliphatic hydroxyl groups is 1. The summed E-state index contributed by atoms with van der Waals surface area (Å²) in [7, 11) is 0. The molecule has 0 fully saturated rings. The summed E-state index contributed by atoms with van der Waals surface area (Å²) in [5.41, 5.74) is 2.37. The van der Waals surface area contributed by atoms with Crippen molar-refractivity contribution in [3.8, 4) is 0 Å². The van der Waals surface area contributed by atoms with E-state index in [0.29, 0.717) is 0 Å². The summed E-state index contributed by atoms with van der Waals surface area (Å²) in [5.74, 6) is 0. The molecule has 2 N–H and O–H groups in total. The molecule has 1 aromatic rings. The Balaban J connectivity index is 0.00000225. The van der Waals surface area contributed by atoms with Gasteiger partial charge in [-0.25, -0.2) is 0 Å². The summed E-state index contributed by atoms with van der Waals surface area (Å²) in [6.07, 6.45) is 3.99. The van der Waals surface area contributed by atoms with Crippen LogP contribution < -0.4 is 5.32 Å². The standard InChI is InChI=1S/C11H21N3O.ClH/c1-3-14-9-11(10(2)13-14)8-12-6-4-5-7-15;/h9,12,15H,3-8H2,1-2H3;1H. The van der Waals surface area contributed by atoms with Crippen molar-refractivity contribution in [3.05, 3.63) is 17.5 Å². The van der Waals surface area contributed by atoms with Crippen molar-refractivity contribution in [1.82, 2.24) is 15.1 Å². The Morgan fingerprint density at radius 1 is 1.44 bits per heavy atom. The zero-order chi connectivity index (χ0) is 11.1. The molecule has 0 radical (unpaired) electrons. The third-order valence-electron chi connectivity index (χ3n) is 2.45. The zero-order valence-corrected chi connectivity index (χ0v) is 10.9. The molecule has 0 aliphatic carbocycles. The summed E-state index contributed by atoms with van der Waals surface area (Å²) in [4.78, 5) is 0. The number of hydrogen-bond donors (Lipinski definition) is 2. The van der Waals surface area contributed by atoms with Crippen LogP contribution in [0.15, 0.2) is 6.20 Å². The Morgan fingerprint density at radius 3 is 2.75 bits per heavy atom. The molecule has 4 nitrogen and oxygen atoms in total. The molecule has 1 rings (SSSR count). The smallest absolute Gasteiger partial charge is 0.0638 e. The van der Waals surface area contributed by atoms with Gasteiger partial charge < -0.3 is 10.4 Å². The third kappa shape index (κ3) is 4.96. The summed E-state index contributed by atoms with van der Waals surface area (Å²) in [6.45, 7) is 7.16. The molecule has 0 saturated heterocycles. The molecule has 1 heterocycles. The molecule has 94 valence electrons. The summed E-state index contributed by atoms with van der Waals surface area (Å²) in [6, 6.07) is 0. The van der Waals surface area contributed by atoms with Crippen LogP contribution in [-0.4, -0.2) is 28.0 Å². The van der Waals surface area contributed by atoms with Gasteiger partial charge in [0.15, 0.2) is 0 Å². The van der Waals surface area contributed by atoms with Gasteiger partial charge in [0.2, 0.25) is 0 Å². The van der Waals surface area contributed by atoms with Gasteiger partial charge in [-0.2, -0.15) is 5.10 Å². The normalized spacial score (nSPS) is 10.2. The number of aromatic nitrogens is 2. The van der Waals surface area contributed by atoms with Gasteiger partial charge >= 0.3 is 0 Å². The average molecular weight is 248 g/mol. The average Bonchev–Trinajstić information content (AvgIpc) is 2.59. The van der Waals surface area contributed by atoms with Crippen molar-refractivity contribution in [3.63, 3.8) is 0 Å². The second-order valence-corrected chi connectivity index (χ2v) is 3.70. The fraction of sp³-hybridized carbons (Fsp3) is 0.727. The van der Waals surface area contributed by atoms with E-state index >= 15 is 0 Å². The predicted octanol–water partition coefficient (Wildman–Crippen LogP) is 1.50. The van der Waals surface area contributed by atoms with Gasteiger partial charge in [-0.05, 0) is 33.2 Å². The van der Waals surface area contributed by atoms with Crippen LogP contribution in [0, 0.1) is 6.92 Å². The van der Waals surface area contributed by atoms with Crippen molar-refractivity contribution in [2.45, 2.75) is 39.8 Å². The number of aliphatic hydroxyl groups excluding tert-OH is 1. The fourth-order valence-corrected chi connectivity index (χ4v) is 1.48. The first-order valence-corrected chi connectivity index (χ1v) is 5.62. The predicted molar refractivity (Wildman–Crippen MR) is 67.9 cm³/mol. The number of rotatable bonds is 7. The fourth-order valence-electron chi connectivity index (χ4n) is 1.48. The SMILES string of the molecule is CCn1cc(CNCCCCO)c(C)n1.Cl. The van der Waals surface area contributed by atoms with Gasteiger partial charge in [0.1, 0.15) is 0 Å². The number of aryl methyl sites for hydroxylation is 2. The first-order valence-electron chi connectivity index (χ1n) is 5.62. The van der Waals surface area contributed by atoms with Gasteiger partial charge in [0, 0.05) is 31.5 Å². The molecule has 0 amide bonds. The maximum absolute atomic E-state index is 8.62. The van der Waals surface area contributed by atoms with Crippen molar-refractivity contribution in [1.29, 1.82) is 0 Å². The van der Waals surface area contributed by atoms with E-state index in [1.807, 2.05) is 11.6 Å². The van der Waals surface area contributed by atoms with E-state index in [1.165, 1.54) is 5.56 Å². The van der Waals surface area contributed by atoms with Crippen LogP contribution in [0.25, 0.3) is 0 Å². The van der Waals surface area contributed by atoms with E-state index in [-0.39, 0.29) is 19.0 Å². The minimum absolute atomic E-state index is 0. The summed E-state index contributed by atoms with van der Waals surface area (Å²) < 4.78 is 1.96. The Kier molecular flexibility index (Phi) is 8.25. The highest BCUT2D eigenvalue weighted by atomic mass is 35.5. The van der Waals surface area contributed by atoms with Crippen molar-refractivity contribution < 1.29 is 5.11 Å². The van der Waals surface area contributed by atoms with Crippen LogP contribution in [0.2, 0.25) is 0 Å². The largest absolute Gasteiger partial charge is 0.396 e. The molecule has 0 spiro atoms. The Hall–Kier alpha value is -0.580. The summed E-state index contributed by atoms with van der Waals surface area (Å²) in [5, 5.41) is 16.4. The molecular weight excluding hydrogens is 226 g/mol. The first-order chi connectivity index (χ1) is 7.27. The number of nitrogens with zero attached hydrogens (tertiary/aromatic N) is 2. The molecule has 16 heavy (non-hydrogen) atoms. The van der Waals surface area contributed by atoms with Crippen molar-refractivity contribution in [2.24, 2.45) is 0 Å². The van der Waals surface area contributed by atoms with E-state index < -0.39 is 0 Å². The number of hydrogen-bond acceptors (Lipinski definition) is 3. The Morgan fingerprint density at radius 2 is 2.19 bits per heavy atom. The van der Waals surface area contributed by atoms with Gasteiger partial charge in [-0.15, -0.1) is 12.4 Å². The molecule has 0 saturated carbocycles. The lowest BCUT2D eigenvalue weighted by atomic mass is 10.2. The van der Waals surface area contributed by atoms with Crippen LogP contribution in [0.5, 0.6) is 0 Å². The quantitative estimate of drug-likeness (QED) is 0.718. The van der Waals surface area contributed by atoms with Crippen LogP contribution in [0.4, 0.5) is 0 Å². The van der Waals surface area contributed by atoms with E-state index in [2.05, 4.69) is 23.5 Å². The molecule has 0 unspecified atom stereocenters. The highest BCUT2D eigenvalue weighted by Crippen LogP contribution is 2.04. The number of halogens is 1.